The topological polar surface area (TPSA) is 71.7 Å². The molecule has 0 aliphatic carbocycles. The lowest BCUT2D eigenvalue weighted by Gasteiger charge is -2.17. The minimum Gasteiger partial charge on any atom is -0.463 e. The number of aliphatic hydroxyl groups excluding tert-OH is 1. The molecule has 0 aliphatic rings. The first-order valence-electron chi connectivity index (χ1n) is 7.22. The highest BCUT2D eigenvalue weighted by molar-refractivity contribution is 5.87. The Labute approximate surface area is 129 Å². The molecule has 22 heavy (non-hydrogen) atoms. The quantitative estimate of drug-likeness (QED) is 0.769. The van der Waals surface area contributed by atoms with Crippen LogP contribution in [0.1, 0.15) is 39.9 Å². The number of ether oxygens (including phenoxy) is 1. The summed E-state index contributed by atoms with van der Waals surface area (Å²) < 4.78 is 10.2. The van der Waals surface area contributed by atoms with Gasteiger partial charge in [-0.3, -0.25) is 0 Å². The molecule has 0 saturated carbocycles. The zero-order chi connectivity index (χ0) is 15.9. The predicted molar refractivity (Wildman–Crippen MR) is 82.5 cm³/mol. The number of rotatable bonds is 7. The molecular weight excluding hydrogens is 282 g/mol. The van der Waals surface area contributed by atoms with Crippen LogP contribution < -0.4 is 5.32 Å². The van der Waals surface area contributed by atoms with Crippen LogP contribution in [0.3, 0.4) is 0 Å². The Bertz CT molecular complexity index is 606. The maximum absolute atomic E-state index is 11.5. The van der Waals surface area contributed by atoms with Gasteiger partial charge in [0.2, 0.25) is 5.76 Å². The Morgan fingerprint density at radius 1 is 1.36 bits per heavy atom. The second-order valence-electron chi connectivity index (χ2n) is 5.07. The van der Waals surface area contributed by atoms with E-state index in [0.717, 1.165) is 11.1 Å². The molecule has 0 spiro atoms. The maximum Gasteiger partial charge on any atom is 0.374 e. The molecule has 2 N–H and O–H groups in total. The zero-order valence-electron chi connectivity index (χ0n) is 12.8. The van der Waals surface area contributed by atoms with E-state index < -0.39 is 5.97 Å². The Morgan fingerprint density at radius 3 is 2.73 bits per heavy atom. The average Bonchev–Trinajstić information content (AvgIpc) is 2.92. The van der Waals surface area contributed by atoms with Crippen molar-refractivity contribution in [2.24, 2.45) is 0 Å². The lowest BCUT2D eigenvalue weighted by molar-refractivity contribution is 0.0561. The largest absolute Gasteiger partial charge is 0.463 e. The summed E-state index contributed by atoms with van der Waals surface area (Å²) in [4.78, 5) is 11.5. The third kappa shape index (κ3) is 3.96. The van der Waals surface area contributed by atoms with Crippen LogP contribution in [0.4, 0.5) is 0 Å². The minimum absolute atomic E-state index is 0.0261. The van der Waals surface area contributed by atoms with Crippen molar-refractivity contribution >= 4 is 5.97 Å². The van der Waals surface area contributed by atoms with Gasteiger partial charge in [0, 0.05) is 18.2 Å². The van der Waals surface area contributed by atoms with Crippen LogP contribution in [0.25, 0.3) is 0 Å². The molecule has 1 unspecified atom stereocenters. The fraction of sp³-hybridized carbons (Fsp3) is 0.353. The van der Waals surface area contributed by atoms with Gasteiger partial charge in [0.05, 0.1) is 13.7 Å². The molecule has 0 aliphatic heterocycles. The lowest BCUT2D eigenvalue weighted by atomic mass is 10.0. The summed E-state index contributed by atoms with van der Waals surface area (Å²) in [6, 6.07) is 11.8. The van der Waals surface area contributed by atoms with E-state index in [1.54, 1.807) is 0 Å². The van der Waals surface area contributed by atoms with Gasteiger partial charge in [-0.05, 0) is 25.0 Å². The van der Waals surface area contributed by atoms with Gasteiger partial charge in [0.1, 0.15) is 5.76 Å². The standard InChI is InChI=1S/C17H21NO4/c1-12-10-14(22-16(12)17(20)21-2)11-18-15(8-9-19)13-6-4-3-5-7-13/h3-7,10,15,18-19H,8-9,11H2,1-2H3. The van der Waals surface area contributed by atoms with E-state index in [0.29, 0.717) is 18.7 Å². The molecular formula is C17H21NO4. The second-order valence-corrected chi connectivity index (χ2v) is 5.07. The highest BCUT2D eigenvalue weighted by atomic mass is 16.5. The van der Waals surface area contributed by atoms with Crippen molar-refractivity contribution in [2.45, 2.75) is 25.9 Å². The first-order chi connectivity index (χ1) is 10.7. The van der Waals surface area contributed by atoms with Gasteiger partial charge < -0.3 is 19.6 Å². The molecule has 5 nitrogen and oxygen atoms in total. The number of aryl methyl sites for hydroxylation is 1. The van der Waals surface area contributed by atoms with Crippen molar-refractivity contribution in [1.29, 1.82) is 0 Å². The van der Waals surface area contributed by atoms with Crippen LogP contribution in [0.5, 0.6) is 0 Å². The van der Waals surface area contributed by atoms with Gasteiger partial charge in [0.15, 0.2) is 0 Å². The lowest BCUT2D eigenvalue weighted by Crippen LogP contribution is -2.21. The Kier molecular flexibility index (Phi) is 5.75. The average molecular weight is 303 g/mol. The van der Waals surface area contributed by atoms with E-state index in [9.17, 15) is 9.90 Å². The number of carbonyl (C=O) groups is 1. The summed E-state index contributed by atoms with van der Waals surface area (Å²) >= 11 is 0. The minimum atomic E-state index is -0.473. The normalized spacial score (nSPS) is 12.1. The number of hydrogen-bond donors (Lipinski definition) is 2. The number of methoxy groups -OCH3 is 1. The Morgan fingerprint density at radius 2 is 2.09 bits per heavy atom. The third-order valence-electron chi connectivity index (χ3n) is 3.48. The van der Waals surface area contributed by atoms with Crippen LogP contribution >= 0.6 is 0 Å². The molecule has 2 rings (SSSR count). The number of furan rings is 1. The molecule has 118 valence electrons. The van der Waals surface area contributed by atoms with E-state index in [1.807, 2.05) is 43.3 Å². The molecule has 0 amide bonds. The van der Waals surface area contributed by atoms with Gasteiger partial charge >= 0.3 is 5.97 Å². The molecule has 0 saturated heterocycles. The van der Waals surface area contributed by atoms with Gasteiger partial charge in [0.25, 0.3) is 0 Å². The van der Waals surface area contributed by atoms with Gasteiger partial charge in [-0.2, -0.15) is 0 Å². The zero-order valence-corrected chi connectivity index (χ0v) is 12.8. The van der Waals surface area contributed by atoms with Crippen LogP contribution in [0, 0.1) is 6.92 Å². The molecule has 1 heterocycles. The molecule has 0 radical (unpaired) electrons. The molecule has 5 heteroatoms. The van der Waals surface area contributed by atoms with E-state index in [-0.39, 0.29) is 18.4 Å². The van der Waals surface area contributed by atoms with Crippen molar-refractivity contribution in [3.05, 3.63) is 59.0 Å². The van der Waals surface area contributed by atoms with E-state index in [2.05, 4.69) is 10.1 Å². The van der Waals surface area contributed by atoms with Crippen molar-refractivity contribution < 1.29 is 19.1 Å². The first kappa shape index (κ1) is 16.3. The van der Waals surface area contributed by atoms with Crippen molar-refractivity contribution in [3.8, 4) is 0 Å². The van der Waals surface area contributed by atoms with Gasteiger partial charge in [-0.1, -0.05) is 30.3 Å². The molecule has 1 atom stereocenters. The summed E-state index contributed by atoms with van der Waals surface area (Å²) in [5.41, 5.74) is 1.86. The predicted octanol–water partition coefficient (Wildman–Crippen LogP) is 2.59. The highest BCUT2D eigenvalue weighted by Gasteiger charge is 2.17. The summed E-state index contributed by atoms with van der Waals surface area (Å²) in [6.07, 6.45) is 0.605. The van der Waals surface area contributed by atoms with E-state index in [4.69, 9.17) is 4.42 Å². The number of carbonyl (C=O) groups excluding carboxylic acids is 1. The van der Waals surface area contributed by atoms with Crippen molar-refractivity contribution in [1.82, 2.24) is 5.32 Å². The fourth-order valence-electron chi connectivity index (χ4n) is 2.36. The number of aliphatic hydroxyl groups is 1. The monoisotopic (exact) mass is 303 g/mol. The third-order valence-corrected chi connectivity index (χ3v) is 3.48. The summed E-state index contributed by atoms with van der Waals surface area (Å²) in [6.45, 7) is 2.37. The molecule has 1 aromatic carbocycles. The molecule has 0 bridgehead atoms. The summed E-state index contributed by atoms with van der Waals surface area (Å²) in [5.74, 6) is 0.424. The van der Waals surface area contributed by atoms with Crippen LogP contribution in [0.2, 0.25) is 0 Å². The van der Waals surface area contributed by atoms with Crippen LogP contribution in [-0.2, 0) is 11.3 Å². The highest BCUT2D eigenvalue weighted by Crippen LogP contribution is 2.19. The van der Waals surface area contributed by atoms with E-state index in [1.165, 1.54) is 7.11 Å². The summed E-state index contributed by atoms with van der Waals surface area (Å²) in [7, 11) is 1.33. The number of benzene rings is 1. The second kappa shape index (κ2) is 7.77. The van der Waals surface area contributed by atoms with Crippen molar-refractivity contribution in [3.63, 3.8) is 0 Å². The Balaban J connectivity index is 2.05. The van der Waals surface area contributed by atoms with Crippen molar-refractivity contribution in [2.75, 3.05) is 13.7 Å². The summed E-state index contributed by atoms with van der Waals surface area (Å²) in [5, 5.41) is 12.6. The number of hydrogen-bond acceptors (Lipinski definition) is 5. The Hall–Kier alpha value is -2.11. The SMILES string of the molecule is COC(=O)c1oc(CNC(CCO)c2ccccc2)cc1C. The molecule has 2 aromatic rings. The van der Waals surface area contributed by atoms with Gasteiger partial charge in [-0.25, -0.2) is 4.79 Å². The van der Waals surface area contributed by atoms with Gasteiger partial charge in [-0.15, -0.1) is 0 Å². The van der Waals surface area contributed by atoms with Crippen LogP contribution in [0.15, 0.2) is 40.8 Å². The molecule has 1 aromatic heterocycles. The smallest absolute Gasteiger partial charge is 0.374 e. The maximum atomic E-state index is 11.5. The molecule has 0 fully saturated rings. The van der Waals surface area contributed by atoms with E-state index >= 15 is 0 Å². The number of esters is 1. The van der Waals surface area contributed by atoms with Crippen LogP contribution in [-0.4, -0.2) is 24.8 Å². The number of nitrogens with one attached hydrogen (secondary N) is 1. The first-order valence-corrected chi connectivity index (χ1v) is 7.22. The fourth-order valence-corrected chi connectivity index (χ4v) is 2.36.